The SMILES string of the molecule is CCCCNC(=O)Oc1cn(CCN2CCCC2)c(=O)c2cc(OC)c(OC)cc12. The topological polar surface area (TPSA) is 82.0 Å². The van der Waals surface area contributed by atoms with Crippen LogP contribution in [0.5, 0.6) is 17.2 Å². The second kappa shape index (κ2) is 10.3. The zero-order valence-corrected chi connectivity index (χ0v) is 18.0. The van der Waals surface area contributed by atoms with E-state index in [1.165, 1.54) is 27.1 Å². The van der Waals surface area contributed by atoms with Crippen LogP contribution < -0.4 is 25.1 Å². The number of aromatic nitrogens is 1. The van der Waals surface area contributed by atoms with E-state index in [9.17, 15) is 9.59 Å². The van der Waals surface area contributed by atoms with Gasteiger partial charge in [0.1, 0.15) is 0 Å². The molecule has 1 aliphatic heterocycles. The van der Waals surface area contributed by atoms with Crippen LogP contribution >= 0.6 is 0 Å². The fraction of sp³-hybridized carbons (Fsp3) is 0.545. The smallest absolute Gasteiger partial charge is 0.412 e. The Balaban J connectivity index is 1.97. The van der Waals surface area contributed by atoms with Crippen molar-refractivity contribution in [3.05, 3.63) is 28.7 Å². The van der Waals surface area contributed by atoms with Crippen molar-refractivity contribution in [3.8, 4) is 17.2 Å². The maximum absolute atomic E-state index is 13.1. The Morgan fingerprint density at radius 2 is 1.70 bits per heavy atom. The first-order valence-corrected chi connectivity index (χ1v) is 10.5. The second-order valence-corrected chi connectivity index (χ2v) is 7.46. The molecule has 1 aromatic carbocycles. The van der Waals surface area contributed by atoms with Crippen LogP contribution in [-0.2, 0) is 6.54 Å². The molecule has 0 radical (unpaired) electrons. The maximum Gasteiger partial charge on any atom is 0.412 e. The fourth-order valence-corrected chi connectivity index (χ4v) is 3.69. The Morgan fingerprint density at radius 3 is 2.33 bits per heavy atom. The van der Waals surface area contributed by atoms with Gasteiger partial charge in [-0.1, -0.05) is 13.3 Å². The van der Waals surface area contributed by atoms with Crippen molar-refractivity contribution < 1.29 is 19.0 Å². The standard InChI is InChI=1S/C22H31N3O5/c1-4-5-8-23-22(27)30-20-15-25(12-11-24-9-6-7-10-24)21(26)17-14-19(29-3)18(28-2)13-16(17)20/h13-15H,4-12H2,1-3H3,(H,23,27). The lowest BCUT2D eigenvalue weighted by Crippen LogP contribution is -2.31. The van der Waals surface area contributed by atoms with Gasteiger partial charge >= 0.3 is 6.09 Å². The molecule has 1 saturated heterocycles. The number of benzene rings is 1. The van der Waals surface area contributed by atoms with Gasteiger partial charge in [0, 0.05) is 25.0 Å². The van der Waals surface area contributed by atoms with Crippen LogP contribution in [0, 0.1) is 0 Å². The number of carbonyl (C=O) groups is 1. The van der Waals surface area contributed by atoms with Gasteiger partial charge in [0.05, 0.1) is 25.8 Å². The van der Waals surface area contributed by atoms with E-state index < -0.39 is 6.09 Å². The van der Waals surface area contributed by atoms with Crippen molar-refractivity contribution in [2.24, 2.45) is 0 Å². The maximum atomic E-state index is 13.1. The molecular weight excluding hydrogens is 386 g/mol. The number of carbonyl (C=O) groups excluding carboxylic acids is 1. The number of nitrogens with one attached hydrogen (secondary N) is 1. The van der Waals surface area contributed by atoms with Crippen molar-refractivity contribution in [3.63, 3.8) is 0 Å². The highest BCUT2D eigenvalue weighted by atomic mass is 16.6. The lowest BCUT2D eigenvalue weighted by Gasteiger charge is -2.18. The van der Waals surface area contributed by atoms with E-state index in [4.69, 9.17) is 14.2 Å². The summed E-state index contributed by atoms with van der Waals surface area (Å²) in [5, 5.41) is 3.68. The minimum absolute atomic E-state index is 0.149. The van der Waals surface area contributed by atoms with Crippen molar-refractivity contribution in [2.45, 2.75) is 39.2 Å². The number of amides is 1. The number of likely N-dealkylation sites (tertiary alicyclic amines) is 1. The van der Waals surface area contributed by atoms with Crippen LogP contribution in [0.3, 0.4) is 0 Å². The van der Waals surface area contributed by atoms with Crippen molar-refractivity contribution in [1.82, 2.24) is 14.8 Å². The van der Waals surface area contributed by atoms with Gasteiger partial charge in [-0.3, -0.25) is 4.79 Å². The summed E-state index contributed by atoms with van der Waals surface area (Å²) < 4.78 is 17.9. The average molecular weight is 418 g/mol. The van der Waals surface area contributed by atoms with Crippen LogP contribution in [0.15, 0.2) is 23.1 Å². The van der Waals surface area contributed by atoms with Gasteiger partial charge in [-0.25, -0.2) is 4.79 Å². The first-order valence-electron chi connectivity index (χ1n) is 10.5. The summed E-state index contributed by atoms with van der Waals surface area (Å²) in [6.07, 6.45) is 5.31. The Hall–Kier alpha value is -2.74. The molecule has 3 rings (SSSR count). The highest BCUT2D eigenvalue weighted by molar-refractivity contribution is 5.92. The van der Waals surface area contributed by atoms with Gasteiger partial charge in [-0.2, -0.15) is 0 Å². The molecule has 8 nitrogen and oxygen atoms in total. The van der Waals surface area contributed by atoms with Crippen LogP contribution in [0.2, 0.25) is 0 Å². The van der Waals surface area contributed by atoms with E-state index in [1.807, 2.05) is 0 Å². The number of rotatable bonds is 9. The van der Waals surface area contributed by atoms with Crippen molar-refractivity contribution >= 4 is 16.9 Å². The molecule has 0 unspecified atom stereocenters. The van der Waals surface area contributed by atoms with E-state index in [1.54, 1.807) is 22.9 Å². The van der Waals surface area contributed by atoms with Crippen LogP contribution in [-0.4, -0.2) is 56.0 Å². The van der Waals surface area contributed by atoms with Gasteiger partial charge in [0.15, 0.2) is 17.2 Å². The molecule has 2 aromatic rings. The molecular formula is C22H31N3O5. The van der Waals surface area contributed by atoms with E-state index in [2.05, 4.69) is 17.1 Å². The van der Waals surface area contributed by atoms with Gasteiger partial charge in [-0.05, 0) is 44.5 Å². The number of hydrogen-bond acceptors (Lipinski definition) is 6. The minimum atomic E-state index is -0.538. The molecule has 1 aromatic heterocycles. The first-order chi connectivity index (χ1) is 14.6. The molecule has 0 spiro atoms. The molecule has 1 amide bonds. The highest BCUT2D eigenvalue weighted by Gasteiger charge is 2.18. The van der Waals surface area contributed by atoms with Crippen molar-refractivity contribution in [2.75, 3.05) is 40.4 Å². The number of hydrogen-bond donors (Lipinski definition) is 1. The molecule has 0 atom stereocenters. The van der Waals surface area contributed by atoms with Crippen LogP contribution in [0.25, 0.3) is 10.8 Å². The highest BCUT2D eigenvalue weighted by Crippen LogP contribution is 2.35. The summed E-state index contributed by atoms with van der Waals surface area (Å²) in [7, 11) is 3.05. The quantitative estimate of drug-likeness (QED) is 0.632. The predicted octanol–water partition coefficient (Wildman–Crippen LogP) is 3.00. The summed E-state index contributed by atoms with van der Waals surface area (Å²) in [5.41, 5.74) is -0.149. The van der Waals surface area contributed by atoms with Crippen molar-refractivity contribution in [1.29, 1.82) is 0 Å². The number of methoxy groups -OCH3 is 2. The molecule has 0 aliphatic carbocycles. The Labute approximate surface area is 176 Å². The fourth-order valence-electron chi connectivity index (χ4n) is 3.69. The van der Waals surface area contributed by atoms with E-state index in [-0.39, 0.29) is 5.56 Å². The molecule has 8 heteroatoms. The predicted molar refractivity (Wildman–Crippen MR) is 116 cm³/mol. The summed E-state index contributed by atoms with van der Waals surface area (Å²) in [4.78, 5) is 27.8. The van der Waals surface area contributed by atoms with Crippen LogP contribution in [0.4, 0.5) is 4.79 Å². The van der Waals surface area contributed by atoms with E-state index in [0.717, 1.165) is 32.5 Å². The monoisotopic (exact) mass is 417 g/mol. The third-order valence-electron chi connectivity index (χ3n) is 5.41. The summed E-state index contributed by atoms with van der Waals surface area (Å²) in [6.45, 7) is 6.00. The third-order valence-corrected chi connectivity index (χ3v) is 5.41. The van der Waals surface area contributed by atoms with Gasteiger partial charge < -0.3 is 29.0 Å². The minimum Gasteiger partial charge on any atom is -0.493 e. The lowest BCUT2D eigenvalue weighted by molar-refractivity contribution is 0.200. The Kier molecular flexibility index (Phi) is 7.57. The molecule has 1 fully saturated rings. The Morgan fingerprint density at radius 1 is 1.03 bits per heavy atom. The Bertz CT molecular complexity index is 934. The molecule has 0 bridgehead atoms. The summed E-state index contributed by atoms with van der Waals surface area (Å²) >= 11 is 0. The van der Waals surface area contributed by atoms with Crippen LogP contribution in [0.1, 0.15) is 32.6 Å². The number of nitrogens with zero attached hydrogens (tertiary/aromatic N) is 2. The number of pyridine rings is 1. The number of fused-ring (bicyclic) bond motifs is 1. The lowest BCUT2D eigenvalue weighted by atomic mass is 10.1. The van der Waals surface area contributed by atoms with E-state index in [0.29, 0.717) is 41.1 Å². The molecule has 1 aliphatic rings. The number of unbranched alkanes of at least 4 members (excludes halogenated alkanes) is 1. The zero-order valence-electron chi connectivity index (χ0n) is 18.0. The summed E-state index contributed by atoms with van der Waals surface area (Å²) in [5.74, 6) is 1.24. The molecule has 0 saturated carbocycles. The largest absolute Gasteiger partial charge is 0.493 e. The van der Waals surface area contributed by atoms with Gasteiger partial charge in [0.2, 0.25) is 0 Å². The summed E-state index contributed by atoms with van der Waals surface area (Å²) in [6, 6.07) is 3.32. The van der Waals surface area contributed by atoms with Gasteiger partial charge in [-0.15, -0.1) is 0 Å². The third kappa shape index (κ3) is 5.05. The molecule has 164 valence electrons. The normalized spacial score (nSPS) is 14.1. The second-order valence-electron chi connectivity index (χ2n) is 7.46. The molecule has 1 N–H and O–H groups in total. The zero-order chi connectivity index (χ0) is 21.5. The molecule has 2 heterocycles. The molecule has 30 heavy (non-hydrogen) atoms. The first kappa shape index (κ1) is 22.0. The average Bonchev–Trinajstić information content (AvgIpc) is 3.27. The van der Waals surface area contributed by atoms with Gasteiger partial charge in [0.25, 0.3) is 5.56 Å². The van der Waals surface area contributed by atoms with E-state index >= 15 is 0 Å². The number of ether oxygens (including phenoxy) is 3.